The van der Waals surface area contributed by atoms with Crippen LogP contribution in [0.1, 0.15) is 5.69 Å². The Morgan fingerprint density at radius 3 is 2.71 bits per heavy atom. The second kappa shape index (κ2) is 6.37. The number of nitrogens with zero attached hydrogens (tertiary/aromatic N) is 2. The van der Waals surface area contributed by atoms with E-state index in [0.717, 1.165) is 16.2 Å². The highest BCUT2D eigenvalue weighted by atomic mass is 32.2. The largest absolute Gasteiger partial charge is 0.306 e. The molecule has 2 heterocycles. The van der Waals surface area contributed by atoms with Crippen LogP contribution in [0, 0.1) is 0 Å². The maximum atomic E-state index is 11.8. The van der Waals surface area contributed by atoms with E-state index in [-0.39, 0.29) is 5.56 Å². The molecule has 0 saturated carbocycles. The summed E-state index contributed by atoms with van der Waals surface area (Å²) in [4.78, 5) is 24.2. The van der Waals surface area contributed by atoms with E-state index in [1.54, 1.807) is 24.2 Å². The van der Waals surface area contributed by atoms with Gasteiger partial charge in [0.25, 0.3) is 5.56 Å². The van der Waals surface area contributed by atoms with Crippen molar-refractivity contribution in [2.45, 2.75) is 10.6 Å². The summed E-state index contributed by atoms with van der Waals surface area (Å²) in [5.74, 6) is 1.21. The number of rotatable bonds is 4. The standard InChI is InChI=1S/C16H13N3OS/c20-15-9-13(11-21-14-6-2-1-3-7-14)18-16(19-15)12-5-4-8-17-10-12/h1-10H,11H2,(H,18,19,20). The Morgan fingerprint density at radius 1 is 1.10 bits per heavy atom. The third-order valence-corrected chi connectivity index (χ3v) is 3.91. The zero-order valence-corrected chi connectivity index (χ0v) is 12.0. The van der Waals surface area contributed by atoms with Crippen LogP contribution in [-0.2, 0) is 5.75 Å². The molecule has 2 aromatic heterocycles. The third-order valence-electron chi connectivity index (χ3n) is 2.86. The molecule has 104 valence electrons. The van der Waals surface area contributed by atoms with E-state index in [0.29, 0.717) is 11.6 Å². The van der Waals surface area contributed by atoms with Crippen LogP contribution in [0.4, 0.5) is 0 Å². The quantitative estimate of drug-likeness (QED) is 0.751. The Morgan fingerprint density at radius 2 is 1.95 bits per heavy atom. The van der Waals surface area contributed by atoms with E-state index in [1.165, 1.54) is 6.07 Å². The summed E-state index contributed by atoms with van der Waals surface area (Å²) < 4.78 is 0. The lowest BCUT2D eigenvalue weighted by molar-refractivity contribution is 1.06. The van der Waals surface area contributed by atoms with Crippen LogP contribution in [-0.4, -0.2) is 15.0 Å². The van der Waals surface area contributed by atoms with E-state index >= 15 is 0 Å². The highest BCUT2D eigenvalue weighted by Gasteiger charge is 2.05. The highest BCUT2D eigenvalue weighted by Crippen LogP contribution is 2.21. The Bertz CT molecular complexity index is 772. The molecule has 5 heteroatoms. The van der Waals surface area contributed by atoms with Crippen molar-refractivity contribution in [2.75, 3.05) is 0 Å². The molecule has 0 unspecified atom stereocenters. The molecular formula is C16H13N3OS. The first-order chi connectivity index (χ1) is 10.3. The Kier molecular flexibility index (Phi) is 4.12. The fraction of sp³-hybridized carbons (Fsp3) is 0.0625. The first-order valence-corrected chi connectivity index (χ1v) is 7.48. The predicted molar refractivity (Wildman–Crippen MR) is 84.1 cm³/mol. The van der Waals surface area contributed by atoms with E-state index < -0.39 is 0 Å². The number of hydrogen-bond donors (Lipinski definition) is 1. The molecule has 0 aliphatic carbocycles. The summed E-state index contributed by atoms with van der Waals surface area (Å²) in [5, 5.41) is 0. The number of H-pyrrole nitrogens is 1. The van der Waals surface area contributed by atoms with E-state index in [2.05, 4.69) is 15.0 Å². The number of aromatic nitrogens is 3. The van der Waals surface area contributed by atoms with E-state index in [9.17, 15) is 4.79 Å². The van der Waals surface area contributed by atoms with Crippen molar-refractivity contribution in [3.8, 4) is 11.4 Å². The van der Waals surface area contributed by atoms with Gasteiger partial charge in [0, 0.05) is 34.7 Å². The van der Waals surface area contributed by atoms with Crippen LogP contribution in [0.2, 0.25) is 0 Å². The van der Waals surface area contributed by atoms with Crippen molar-refractivity contribution >= 4 is 11.8 Å². The smallest absolute Gasteiger partial charge is 0.251 e. The van der Waals surface area contributed by atoms with Gasteiger partial charge in [0.1, 0.15) is 5.82 Å². The van der Waals surface area contributed by atoms with Crippen LogP contribution in [0.5, 0.6) is 0 Å². The maximum Gasteiger partial charge on any atom is 0.251 e. The van der Waals surface area contributed by atoms with Crippen LogP contribution in [0.15, 0.2) is 70.6 Å². The number of thioether (sulfide) groups is 1. The number of nitrogens with one attached hydrogen (secondary N) is 1. The Labute approximate surface area is 126 Å². The van der Waals surface area contributed by atoms with Crippen molar-refractivity contribution in [3.05, 3.63) is 77.0 Å². The average molecular weight is 295 g/mol. The number of pyridine rings is 1. The molecule has 0 bridgehead atoms. The summed E-state index contributed by atoms with van der Waals surface area (Å²) in [6, 6.07) is 15.3. The molecule has 0 saturated heterocycles. The van der Waals surface area contributed by atoms with Gasteiger partial charge in [-0.1, -0.05) is 18.2 Å². The van der Waals surface area contributed by atoms with Crippen molar-refractivity contribution in [3.63, 3.8) is 0 Å². The van der Waals surface area contributed by atoms with Crippen LogP contribution >= 0.6 is 11.8 Å². The second-order valence-electron chi connectivity index (χ2n) is 4.43. The summed E-state index contributed by atoms with van der Waals surface area (Å²) in [7, 11) is 0. The van der Waals surface area contributed by atoms with Crippen molar-refractivity contribution in [1.82, 2.24) is 15.0 Å². The van der Waals surface area contributed by atoms with Gasteiger partial charge in [-0.25, -0.2) is 4.98 Å². The summed E-state index contributed by atoms with van der Waals surface area (Å²) in [6.07, 6.45) is 3.38. The molecule has 0 atom stereocenters. The molecule has 0 radical (unpaired) electrons. The lowest BCUT2D eigenvalue weighted by atomic mass is 10.2. The van der Waals surface area contributed by atoms with Gasteiger partial charge in [-0.15, -0.1) is 11.8 Å². The summed E-state index contributed by atoms with van der Waals surface area (Å²) in [6.45, 7) is 0. The molecule has 1 N–H and O–H groups in total. The minimum Gasteiger partial charge on any atom is -0.306 e. The molecule has 0 aliphatic rings. The number of benzene rings is 1. The lowest BCUT2D eigenvalue weighted by Crippen LogP contribution is -2.10. The van der Waals surface area contributed by atoms with Crippen molar-refractivity contribution < 1.29 is 0 Å². The van der Waals surface area contributed by atoms with Gasteiger partial charge in [0.05, 0.1) is 5.69 Å². The van der Waals surface area contributed by atoms with Crippen LogP contribution < -0.4 is 5.56 Å². The average Bonchev–Trinajstić information content (AvgIpc) is 2.54. The zero-order valence-electron chi connectivity index (χ0n) is 11.2. The van der Waals surface area contributed by atoms with E-state index in [4.69, 9.17) is 0 Å². The molecule has 3 rings (SSSR count). The zero-order chi connectivity index (χ0) is 14.5. The van der Waals surface area contributed by atoms with Gasteiger partial charge in [-0.3, -0.25) is 9.78 Å². The van der Waals surface area contributed by atoms with Gasteiger partial charge in [-0.2, -0.15) is 0 Å². The van der Waals surface area contributed by atoms with Gasteiger partial charge in [0.2, 0.25) is 0 Å². The second-order valence-corrected chi connectivity index (χ2v) is 5.48. The predicted octanol–water partition coefficient (Wildman–Crippen LogP) is 3.12. The van der Waals surface area contributed by atoms with Gasteiger partial charge >= 0.3 is 0 Å². The third kappa shape index (κ3) is 3.58. The number of hydrogen-bond acceptors (Lipinski definition) is 4. The molecule has 3 aromatic rings. The molecule has 0 aliphatic heterocycles. The fourth-order valence-electron chi connectivity index (χ4n) is 1.90. The number of aromatic amines is 1. The van der Waals surface area contributed by atoms with Gasteiger partial charge in [-0.05, 0) is 24.3 Å². The molecule has 0 fully saturated rings. The van der Waals surface area contributed by atoms with Crippen molar-refractivity contribution in [2.24, 2.45) is 0 Å². The van der Waals surface area contributed by atoms with Gasteiger partial charge in [0.15, 0.2) is 0 Å². The first kappa shape index (κ1) is 13.6. The van der Waals surface area contributed by atoms with Crippen LogP contribution in [0.25, 0.3) is 11.4 Å². The molecule has 4 nitrogen and oxygen atoms in total. The van der Waals surface area contributed by atoms with Gasteiger partial charge < -0.3 is 4.98 Å². The topological polar surface area (TPSA) is 58.6 Å². The molecular weight excluding hydrogens is 282 g/mol. The minimum atomic E-state index is -0.146. The van der Waals surface area contributed by atoms with Crippen LogP contribution in [0.3, 0.4) is 0 Å². The Hall–Kier alpha value is -2.40. The lowest BCUT2D eigenvalue weighted by Gasteiger charge is -2.04. The molecule has 1 aromatic carbocycles. The molecule has 0 amide bonds. The highest BCUT2D eigenvalue weighted by molar-refractivity contribution is 7.98. The maximum absolute atomic E-state index is 11.8. The van der Waals surface area contributed by atoms with E-state index in [1.807, 2.05) is 42.5 Å². The monoisotopic (exact) mass is 295 g/mol. The molecule has 0 spiro atoms. The summed E-state index contributed by atoms with van der Waals surface area (Å²) >= 11 is 1.66. The first-order valence-electron chi connectivity index (χ1n) is 6.50. The Balaban J connectivity index is 1.83. The molecule has 21 heavy (non-hydrogen) atoms. The normalized spacial score (nSPS) is 10.5. The summed E-state index contributed by atoms with van der Waals surface area (Å²) in [5.41, 5.74) is 1.42. The van der Waals surface area contributed by atoms with Crippen molar-refractivity contribution in [1.29, 1.82) is 0 Å². The minimum absolute atomic E-state index is 0.146. The fourth-order valence-corrected chi connectivity index (χ4v) is 2.71. The SMILES string of the molecule is O=c1cc(CSc2ccccc2)nc(-c2cccnc2)[nH]1.